The van der Waals surface area contributed by atoms with E-state index in [1.165, 1.54) is 12.5 Å². The summed E-state index contributed by atoms with van der Waals surface area (Å²) >= 11 is 0. The zero-order chi connectivity index (χ0) is 5.11. The number of nitrogens with one attached hydrogen (secondary N) is 1. The van der Waals surface area contributed by atoms with Crippen LogP contribution in [0.25, 0.3) is 0 Å². The second-order valence-electron chi connectivity index (χ2n) is 1.21. The lowest BCUT2D eigenvalue weighted by Gasteiger charge is -1.76. The Kier molecular flexibility index (Phi) is 3.19. The van der Waals surface area contributed by atoms with Crippen molar-refractivity contribution in [2.75, 3.05) is 0 Å². The Balaban J connectivity index is 0.000000490. The molecule has 0 amide bonds. The van der Waals surface area contributed by atoms with Crippen LogP contribution >= 0.6 is 12.4 Å². The monoisotopic (exact) mass is 136 g/mol. The normalized spacial score (nSPS) is 8.12. The van der Waals surface area contributed by atoms with E-state index in [1.54, 1.807) is 0 Å². The molecule has 8 heavy (non-hydrogen) atoms. The molecule has 4 heteroatoms. The minimum absolute atomic E-state index is 0. The van der Waals surface area contributed by atoms with Gasteiger partial charge in [0.25, 0.3) is 0 Å². The molecule has 1 N–H and O–H groups in total. The van der Waals surface area contributed by atoms with Crippen molar-refractivity contribution in [1.29, 1.82) is 0 Å². The first-order valence-electron chi connectivity index (χ1n) is 1.96. The van der Waals surface area contributed by atoms with E-state index in [9.17, 15) is 4.39 Å². The number of halogens is 2. The van der Waals surface area contributed by atoms with Gasteiger partial charge in [0.2, 0.25) is 0 Å². The lowest BCUT2D eigenvalue weighted by molar-refractivity contribution is 0.477. The standard InChI is InChI=1S/C4H5FN2.ClH/c5-1-4-2-6-3-7-4;/h2-3H,1H2,(H,6,7);1H. The van der Waals surface area contributed by atoms with Crippen molar-refractivity contribution in [3.63, 3.8) is 0 Å². The first-order valence-corrected chi connectivity index (χ1v) is 1.96. The lowest BCUT2D eigenvalue weighted by atomic mass is 10.5. The third-order valence-corrected chi connectivity index (χ3v) is 0.699. The van der Waals surface area contributed by atoms with Gasteiger partial charge in [-0.1, -0.05) is 0 Å². The summed E-state index contributed by atoms with van der Waals surface area (Å²) in [6.45, 7) is -0.458. The Morgan fingerprint density at radius 3 is 2.75 bits per heavy atom. The smallest absolute Gasteiger partial charge is 0.131 e. The molecule has 1 rings (SSSR count). The number of nitrogens with zero attached hydrogens (tertiary/aromatic N) is 1. The number of H-pyrrole nitrogens is 1. The summed E-state index contributed by atoms with van der Waals surface area (Å²) < 4.78 is 11.5. The number of aromatic nitrogens is 2. The third kappa shape index (κ3) is 1.50. The second-order valence-corrected chi connectivity index (χ2v) is 1.21. The molecule has 0 aliphatic rings. The van der Waals surface area contributed by atoms with Crippen molar-refractivity contribution in [3.8, 4) is 0 Å². The molecule has 0 saturated heterocycles. The van der Waals surface area contributed by atoms with Crippen molar-refractivity contribution in [2.45, 2.75) is 6.67 Å². The lowest BCUT2D eigenvalue weighted by Crippen LogP contribution is -1.71. The predicted octanol–water partition coefficient (Wildman–Crippen LogP) is 1.30. The summed E-state index contributed by atoms with van der Waals surface area (Å²) in [5.41, 5.74) is 0.528. The van der Waals surface area contributed by atoms with E-state index >= 15 is 0 Å². The van der Waals surface area contributed by atoms with Crippen molar-refractivity contribution in [1.82, 2.24) is 9.97 Å². The molecule has 0 saturated carbocycles. The summed E-state index contributed by atoms with van der Waals surface area (Å²) in [6.07, 6.45) is 2.91. The summed E-state index contributed by atoms with van der Waals surface area (Å²) in [4.78, 5) is 6.20. The van der Waals surface area contributed by atoms with Gasteiger partial charge < -0.3 is 4.98 Å². The van der Waals surface area contributed by atoms with E-state index in [4.69, 9.17) is 0 Å². The largest absolute Gasteiger partial charge is 0.346 e. The van der Waals surface area contributed by atoms with E-state index in [0.29, 0.717) is 5.69 Å². The number of hydrogen-bond donors (Lipinski definition) is 1. The molecule has 0 radical (unpaired) electrons. The van der Waals surface area contributed by atoms with Gasteiger partial charge in [-0.05, 0) is 0 Å². The highest BCUT2D eigenvalue weighted by atomic mass is 35.5. The van der Waals surface area contributed by atoms with Crippen LogP contribution in [0.5, 0.6) is 0 Å². The van der Waals surface area contributed by atoms with E-state index in [2.05, 4.69) is 9.97 Å². The van der Waals surface area contributed by atoms with Gasteiger partial charge in [0.1, 0.15) is 6.67 Å². The second kappa shape index (κ2) is 3.43. The molecule has 0 spiro atoms. The maximum Gasteiger partial charge on any atom is 0.131 e. The van der Waals surface area contributed by atoms with Gasteiger partial charge in [0, 0.05) is 0 Å². The Hall–Kier alpha value is -0.570. The number of hydrogen-bond acceptors (Lipinski definition) is 1. The van der Waals surface area contributed by atoms with Crippen LogP contribution in [0.4, 0.5) is 4.39 Å². The molecule has 0 aliphatic heterocycles. The first-order chi connectivity index (χ1) is 3.43. The first kappa shape index (κ1) is 7.43. The quantitative estimate of drug-likeness (QED) is 0.620. The van der Waals surface area contributed by atoms with Gasteiger partial charge in [-0.25, -0.2) is 9.37 Å². The van der Waals surface area contributed by atoms with E-state index < -0.39 is 6.67 Å². The summed E-state index contributed by atoms with van der Waals surface area (Å²) in [6, 6.07) is 0. The average molecular weight is 137 g/mol. The van der Waals surface area contributed by atoms with Gasteiger partial charge in [0.05, 0.1) is 18.2 Å². The van der Waals surface area contributed by atoms with E-state index in [1.807, 2.05) is 0 Å². The van der Waals surface area contributed by atoms with Crippen LogP contribution in [-0.4, -0.2) is 9.97 Å². The summed E-state index contributed by atoms with van der Waals surface area (Å²) in [5, 5.41) is 0. The van der Waals surface area contributed by atoms with Crippen LogP contribution in [0.15, 0.2) is 12.5 Å². The molecule has 0 atom stereocenters. The van der Waals surface area contributed by atoms with Crippen molar-refractivity contribution in [2.24, 2.45) is 0 Å². The van der Waals surface area contributed by atoms with Crippen LogP contribution < -0.4 is 0 Å². The highest BCUT2D eigenvalue weighted by Crippen LogP contribution is 1.90. The van der Waals surface area contributed by atoms with Crippen molar-refractivity contribution in [3.05, 3.63) is 18.2 Å². The highest BCUT2D eigenvalue weighted by molar-refractivity contribution is 5.85. The Morgan fingerprint density at radius 2 is 2.50 bits per heavy atom. The number of imidazole rings is 1. The molecule has 0 unspecified atom stereocenters. The van der Waals surface area contributed by atoms with Crippen molar-refractivity contribution >= 4 is 12.4 Å². The summed E-state index contributed by atoms with van der Waals surface area (Å²) in [7, 11) is 0. The molecule has 2 nitrogen and oxygen atoms in total. The SMILES string of the molecule is Cl.FCc1cnc[nH]1. The van der Waals surface area contributed by atoms with Gasteiger partial charge in [-0.3, -0.25) is 0 Å². The fourth-order valence-electron chi connectivity index (χ4n) is 0.358. The third-order valence-electron chi connectivity index (χ3n) is 0.699. The average Bonchev–Trinajstić information content (AvgIpc) is 2.14. The number of aromatic amines is 1. The zero-order valence-corrected chi connectivity index (χ0v) is 4.91. The fourth-order valence-corrected chi connectivity index (χ4v) is 0.358. The fraction of sp³-hybridized carbons (Fsp3) is 0.250. The molecular formula is C4H6ClFN2. The van der Waals surface area contributed by atoms with Gasteiger partial charge in [-0.2, -0.15) is 0 Å². The van der Waals surface area contributed by atoms with Gasteiger partial charge in [-0.15, -0.1) is 12.4 Å². The predicted molar refractivity (Wildman–Crippen MR) is 30.6 cm³/mol. The Labute approximate surface area is 52.5 Å². The topological polar surface area (TPSA) is 28.7 Å². The molecule has 1 aromatic rings. The van der Waals surface area contributed by atoms with Crippen molar-refractivity contribution < 1.29 is 4.39 Å². The van der Waals surface area contributed by atoms with Crippen LogP contribution in [0.3, 0.4) is 0 Å². The molecule has 1 aromatic heterocycles. The van der Waals surface area contributed by atoms with Crippen LogP contribution in [0.1, 0.15) is 5.69 Å². The number of alkyl halides is 1. The zero-order valence-electron chi connectivity index (χ0n) is 4.10. The molecular weight excluding hydrogens is 131 g/mol. The van der Waals surface area contributed by atoms with Crippen LogP contribution in [0.2, 0.25) is 0 Å². The molecule has 0 aliphatic carbocycles. The minimum Gasteiger partial charge on any atom is -0.346 e. The van der Waals surface area contributed by atoms with E-state index in [0.717, 1.165) is 0 Å². The number of rotatable bonds is 1. The maximum absolute atomic E-state index is 11.5. The molecule has 0 fully saturated rings. The van der Waals surface area contributed by atoms with E-state index in [-0.39, 0.29) is 12.4 Å². The van der Waals surface area contributed by atoms with Gasteiger partial charge in [0.15, 0.2) is 0 Å². The molecule has 46 valence electrons. The highest BCUT2D eigenvalue weighted by Gasteiger charge is 1.85. The van der Waals surface area contributed by atoms with Crippen LogP contribution in [-0.2, 0) is 6.67 Å². The Bertz CT molecular complexity index is 129. The molecule has 0 aromatic carbocycles. The molecule has 1 heterocycles. The minimum atomic E-state index is -0.458. The maximum atomic E-state index is 11.5. The Morgan fingerprint density at radius 1 is 1.75 bits per heavy atom. The summed E-state index contributed by atoms with van der Waals surface area (Å²) in [5.74, 6) is 0. The molecule has 0 bridgehead atoms. The van der Waals surface area contributed by atoms with Gasteiger partial charge >= 0.3 is 0 Å². The van der Waals surface area contributed by atoms with Crippen LogP contribution in [0, 0.1) is 0 Å².